The van der Waals surface area contributed by atoms with Gasteiger partial charge in [-0.1, -0.05) is 12.1 Å². The van der Waals surface area contributed by atoms with Crippen LogP contribution in [0, 0.1) is 6.92 Å². The number of nitrogens with zero attached hydrogens (tertiary/aromatic N) is 2. The molecule has 2 aromatic carbocycles. The van der Waals surface area contributed by atoms with E-state index in [1.165, 1.54) is 0 Å². The summed E-state index contributed by atoms with van der Waals surface area (Å²) < 4.78 is 11.7. The van der Waals surface area contributed by atoms with Crippen LogP contribution in [0.25, 0.3) is 0 Å². The summed E-state index contributed by atoms with van der Waals surface area (Å²) in [5.74, 6) is 0.223. The maximum Gasteiger partial charge on any atom is 0.288 e. The summed E-state index contributed by atoms with van der Waals surface area (Å²) in [6.07, 6.45) is -0.0909. The first kappa shape index (κ1) is 24.5. The lowest BCUT2D eigenvalue weighted by molar-refractivity contribution is -0.122. The summed E-state index contributed by atoms with van der Waals surface area (Å²) in [5, 5.41) is 3.21. The molecule has 0 spiro atoms. The van der Waals surface area contributed by atoms with Crippen LogP contribution in [-0.4, -0.2) is 35.5 Å². The van der Waals surface area contributed by atoms with Gasteiger partial charge >= 0.3 is 0 Å². The Morgan fingerprint density at radius 3 is 2.61 bits per heavy atom. The van der Waals surface area contributed by atoms with Gasteiger partial charge in [0.15, 0.2) is 18.2 Å². The van der Waals surface area contributed by atoms with Crippen molar-refractivity contribution in [3.63, 3.8) is 0 Å². The number of carbonyl (C=O) groups excluding carboxylic acids is 2. The molecule has 0 saturated carbocycles. The number of benzene rings is 2. The van der Waals surface area contributed by atoms with Crippen molar-refractivity contribution in [2.45, 2.75) is 32.9 Å². The molecule has 2 aliphatic rings. The van der Waals surface area contributed by atoms with Crippen LogP contribution < -0.4 is 31.4 Å². The molecule has 1 unspecified atom stereocenters. The molecule has 0 aliphatic carbocycles. The molecule has 0 fully saturated rings. The van der Waals surface area contributed by atoms with E-state index in [0.29, 0.717) is 39.8 Å². The van der Waals surface area contributed by atoms with Crippen LogP contribution in [0.15, 0.2) is 65.7 Å². The first-order valence-corrected chi connectivity index (χ1v) is 11.4. The van der Waals surface area contributed by atoms with Crippen molar-refractivity contribution in [2.75, 3.05) is 12.0 Å². The number of nitrogens with one attached hydrogen (secondary N) is 3. The van der Waals surface area contributed by atoms with E-state index in [9.17, 15) is 9.59 Å². The lowest BCUT2D eigenvalue weighted by Gasteiger charge is -2.22. The highest BCUT2D eigenvalue weighted by Crippen LogP contribution is 2.33. The molecule has 2 amide bonds. The Bertz CT molecular complexity index is 1290. The number of hydrogen-bond acceptors (Lipinski definition) is 8. The zero-order chi connectivity index (χ0) is 25.7. The van der Waals surface area contributed by atoms with Crippen LogP contribution in [-0.2, 0) is 4.79 Å². The van der Waals surface area contributed by atoms with Crippen molar-refractivity contribution >= 4 is 23.3 Å². The van der Waals surface area contributed by atoms with E-state index in [1.54, 1.807) is 67.6 Å². The fraction of sp³-hybridized carbons (Fsp3) is 0.231. The van der Waals surface area contributed by atoms with Gasteiger partial charge in [0, 0.05) is 16.9 Å². The number of aryl methyl sites for hydroxylation is 1. The number of pyridine rings is 1. The highest BCUT2D eigenvalue weighted by molar-refractivity contribution is 5.98. The number of anilines is 1. The van der Waals surface area contributed by atoms with Crippen LogP contribution in [0.2, 0.25) is 0 Å². The Kier molecular flexibility index (Phi) is 7.33. The minimum absolute atomic E-state index is 0.0324. The van der Waals surface area contributed by atoms with Crippen LogP contribution in [0.4, 0.5) is 5.69 Å². The third-order valence-electron chi connectivity index (χ3n) is 5.29. The Balaban J connectivity index is 1.64. The van der Waals surface area contributed by atoms with Gasteiger partial charge in [-0.15, -0.1) is 0 Å². The predicted molar refractivity (Wildman–Crippen MR) is 136 cm³/mol. The topological polar surface area (TPSA) is 140 Å². The van der Waals surface area contributed by atoms with Gasteiger partial charge in [0.1, 0.15) is 17.6 Å². The second-order valence-electron chi connectivity index (χ2n) is 8.45. The molecule has 10 nitrogen and oxygen atoms in total. The smallest absolute Gasteiger partial charge is 0.288 e. The molecule has 4 bridgehead atoms. The summed E-state index contributed by atoms with van der Waals surface area (Å²) in [6.45, 7) is 5.56. The number of ether oxygens (including phenoxy) is 2. The highest BCUT2D eigenvalue weighted by atomic mass is 16.5. The van der Waals surface area contributed by atoms with E-state index in [1.807, 2.05) is 13.8 Å². The number of hydrazine groups is 1. The molecule has 3 heterocycles. The SMILES string of the molecule is Cc1cccc(C(=O)NNC(=O)C2Nc3ccc(cc3)/C(N)=N\COc3cc2ccc3OC(C)C)n1. The van der Waals surface area contributed by atoms with Crippen molar-refractivity contribution < 1.29 is 19.1 Å². The average Bonchev–Trinajstić information content (AvgIpc) is 2.87. The zero-order valence-corrected chi connectivity index (χ0v) is 20.2. The molecular weight excluding hydrogens is 460 g/mol. The second kappa shape index (κ2) is 10.8. The molecule has 5 rings (SSSR count). The number of amidine groups is 1. The Morgan fingerprint density at radius 2 is 1.89 bits per heavy atom. The van der Waals surface area contributed by atoms with Gasteiger partial charge in [-0.3, -0.25) is 20.4 Å². The lowest BCUT2D eigenvalue weighted by Crippen LogP contribution is -2.45. The van der Waals surface area contributed by atoms with Crippen LogP contribution in [0.5, 0.6) is 11.5 Å². The van der Waals surface area contributed by atoms with Crippen molar-refractivity contribution in [3.05, 3.63) is 83.2 Å². The van der Waals surface area contributed by atoms with Gasteiger partial charge in [-0.05, 0) is 74.9 Å². The first-order chi connectivity index (χ1) is 17.3. The second-order valence-corrected chi connectivity index (χ2v) is 8.45. The third-order valence-corrected chi connectivity index (χ3v) is 5.29. The van der Waals surface area contributed by atoms with Crippen molar-refractivity contribution in [1.29, 1.82) is 0 Å². The standard InChI is InChI=1S/C26H28N6O4/c1-15(2)36-21-12-9-18-13-22(21)35-14-28-24(27)17-7-10-19(11-8-17)30-23(18)26(34)32-31-25(33)20-6-4-5-16(3)29-20/h4-13,15,23,30H,14H2,1-3H3,(H2,27,28)(H,31,33)(H,32,34). The summed E-state index contributed by atoms with van der Waals surface area (Å²) >= 11 is 0. The molecule has 5 N–H and O–H groups in total. The zero-order valence-electron chi connectivity index (χ0n) is 20.2. The van der Waals surface area contributed by atoms with Gasteiger partial charge in [-0.25, -0.2) is 9.98 Å². The van der Waals surface area contributed by atoms with E-state index >= 15 is 0 Å². The fourth-order valence-corrected chi connectivity index (χ4v) is 3.56. The van der Waals surface area contributed by atoms with E-state index in [0.717, 1.165) is 0 Å². The van der Waals surface area contributed by atoms with E-state index in [-0.39, 0.29) is 18.5 Å². The van der Waals surface area contributed by atoms with Crippen molar-refractivity contribution in [2.24, 2.45) is 10.7 Å². The number of hydrogen-bond donors (Lipinski definition) is 4. The van der Waals surface area contributed by atoms with Crippen molar-refractivity contribution in [1.82, 2.24) is 15.8 Å². The maximum atomic E-state index is 13.3. The predicted octanol–water partition coefficient (Wildman–Crippen LogP) is 2.85. The summed E-state index contributed by atoms with van der Waals surface area (Å²) in [5.41, 5.74) is 13.9. The highest BCUT2D eigenvalue weighted by Gasteiger charge is 2.24. The van der Waals surface area contributed by atoms with Gasteiger partial charge < -0.3 is 20.5 Å². The van der Waals surface area contributed by atoms with E-state index in [2.05, 4.69) is 26.1 Å². The third kappa shape index (κ3) is 5.90. The normalized spacial score (nSPS) is 16.2. The Hall–Kier alpha value is -4.60. The Labute approximate surface area is 208 Å². The number of aromatic nitrogens is 1. The first-order valence-electron chi connectivity index (χ1n) is 11.4. The number of fused-ring (bicyclic) bond motifs is 5. The molecule has 1 atom stereocenters. The van der Waals surface area contributed by atoms with Gasteiger partial charge in [0.05, 0.1) is 6.10 Å². The molecule has 10 heteroatoms. The average molecular weight is 489 g/mol. The summed E-state index contributed by atoms with van der Waals surface area (Å²) in [4.78, 5) is 34.3. The number of amides is 2. The largest absolute Gasteiger partial charge is 0.487 e. The number of rotatable bonds is 4. The van der Waals surface area contributed by atoms with Crippen molar-refractivity contribution in [3.8, 4) is 11.5 Å². The van der Waals surface area contributed by atoms with E-state index < -0.39 is 17.9 Å². The molecule has 36 heavy (non-hydrogen) atoms. The molecule has 0 saturated heterocycles. The van der Waals surface area contributed by atoms with Crippen LogP contribution >= 0.6 is 0 Å². The minimum Gasteiger partial charge on any atom is -0.487 e. The molecule has 3 aromatic rings. The lowest BCUT2D eigenvalue weighted by atomic mass is 10.0. The van der Waals surface area contributed by atoms with E-state index in [4.69, 9.17) is 15.2 Å². The van der Waals surface area contributed by atoms with Crippen LogP contribution in [0.3, 0.4) is 0 Å². The summed E-state index contributed by atoms with van der Waals surface area (Å²) in [7, 11) is 0. The Morgan fingerprint density at radius 1 is 1.11 bits per heavy atom. The quantitative estimate of drug-likeness (QED) is 0.414. The molecule has 1 aromatic heterocycles. The molecular formula is C26H28N6O4. The number of nitrogens with two attached hydrogens (primary N) is 1. The minimum atomic E-state index is -0.879. The van der Waals surface area contributed by atoms with Gasteiger partial charge in [0.2, 0.25) is 0 Å². The molecule has 186 valence electrons. The monoisotopic (exact) mass is 488 g/mol. The molecule has 0 radical (unpaired) electrons. The van der Waals surface area contributed by atoms with Gasteiger partial charge in [-0.2, -0.15) is 0 Å². The number of aliphatic imine (C=N–C) groups is 1. The molecule has 2 aliphatic heterocycles. The fourth-order valence-electron chi connectivity index (χ4n) is 3.56. The summed E-state index contributed by atoms with van der Waals surface area (Å²) in [6, 6.07) is 16.6. The van der Waals surface area contributed by atoms with Gasteiger partial charge in [0.25, 0.3) is 11.8 Å². The maximum absolute atomic E-state index is 13.3. The number of carbonyl (C=O) groups is 2. The van der Waals surface area contributed by atoms with Crippen LogP contribution in [0.1, 0.15) is 47.2 Å².